The quantitative estimate of drug-likeness (QED) is 0.477. The number of primary amides is 1. The average Bonchev–Trinajstić information content (AvgIpc) is 3.02. The van der Waals surface area contributed by atoms with Gasteiger partial charge in [-0.3, -0.25) is 14.4 Å². The highest BCUT2D eigenvalue weighted by Gasteiger charge is 2.44. The summed E-state index contributed by atoms with van der Waals surface area (Å²) in [5.41, 5.74) is 6.38. The van der Waals surface area contributed by atoms with Crippen LogP contribution < -0.4 is 11.1 Å². The predicted octanol–water partition coefficient (Wildman–Crippen LogP) is 1.37. The molecule has 4 rings (SSSR count). The molecule has 1 aromatic heterocycles. The molecule has 0 saturated carbocycles. The first kappa shape index (κ1) is 24.5. The van der Waals surface area contributed by atoms with Crippen molar-refractivity contribution in [1.82, 2.24) is 14.6 Å². The van der Waals surface area contributed by atoms with Crippen molar-refractivity contribution in [3.8, 4) is 0 Å². The molecule has 1 aliphatic heterocycles. The molecular formula is C25H25N4O5S. The third-order valence-corrected chi connectivity index (χ3v) is 7.69. The lowest BCUT2D eigenvalue weighted by Gasteiger charge is -2.26. The van der Waals surface area contributed by atoms with Crippen LogP contribution >= 0.6 is 0 Å². The first-order valence-corrected chi connectivity index (χ1v) is 12.6. The van der Waals surface area contributed by atoms with Gasteiger partial charge >= 0.3 is 0 Å². The highest BCUT2D eigenvalue weighted by atomic mass is 32.2. The van der Waals surface area contributed by atoms with Gasteiger partial charge in [-0.1, -0.05) is 48.5 Å². The molecule has 3 aromatic rings. The number of nitrogens with zero attached hydrogens (tertiary/aromatic N) is 2. The molecule has 0 aliphatic carbocycles. The second-order valence-electron chi connectivity index (χ2n) is 8.28. The number of carbonyl (C=O) groups excluding carboxylic acids is 3. The molecule has 1 unspecified atom stereocenters. The van der Waals surface area contributed by atoms with E-state index in [1.807, 2.05) is 42.5 Å². The minimum atomic E-state index is -4.25. The number of carbonyl (C=O) groups is 3. The number of hydrogen-bond acceptors (Lipinski definition) is 6. The molecule has 2 amide bonds. The molecule has 2 heterocycles. The molecule has 9 nitrogen and oxygen atoms in total. The highest BCUT2D eigenvalue weighted by molar-refractivity contribution is 7.89. The zero-order valence-electron chi connectivity index (χ0n) is 18.8. The van der Waals surface area contributed by atoms with Crippen molar-refractivity contribution in [3.63, 3.8) is 0 Å². The molecular weight excluding hydrogens is 468 g/mol. The maximum atomic E-state index is 13.2. The van der Waals surface area contributed by atoms with Crippen molar-refractivity contribution in [1.29, 1.82) is 0 Å². The summed E-state index contributed by atoms with van der Waals surface area (Å²) in [6, 6.07) is 15.3. The van der Waals surface area contributed by atoms with Crippen LogP contribution in [0.2, 0.25) is 0 Å². The summed E-state index contributed by atoms with van der Waals surface area (Å²) in [5.74, 6) is -2.35. The van der Waals surface area contributed by atoms with Gasteiger partial charge < -0.3 is 11.1 Å². The van der Waals surface area contributed by atoms with Crippen molar-refractivity contribution < 1.29 is 22.8 Å². The van der Waals surface area contributed by atoms with E-state index in [0.717, 1.165) is 20.6 Å². The van der Waals surface area contributed by atoms with E-state index in [1.165, 1.54) is 24.8 Å². The minimum absolute atomic E-state index is 0.106. The number of ketones is 1. The van der Waals surface area contributed by atoms with Crippen molar-refractivity contribution in [2.24, 2.45) is 5.73 Å². The van der Waals surface area contributed by atoms with Crippen molar-refractivity contribution in [2.75, 3.05) is 6.54 Å². The summed E-state index contributed by atoms with van der Waals surface area (Å²) >= 11 is 0. The molecule has 10 heteroatoms. The molecule has 2 aromatic carbocycles. The monoisotopic (exact) mass is 493 g/mol. The second kappa shape index (κ2) is 10.3. The van der Waals surface area contributed by atoms with Crippen molar-refractivity contribution in [2.45, 2.75) is 36.4 Å². The van der Waals surface area contributed by atoms with Gasteiger partial charge in [0.05, 0.1) is 12.5 Å². The van der Waals surface area contributed by atoms with Crippen LogP contribution in [0, 0.1) is 6.42 Å². The van der Waals surface area contributed by atoms with Gasteiger partial charge in [-0.05, 0) is 47.7 Å². The SMILES string of the molecule is NC(=O)C1C(=O)[C@@H](NC(=O)[CH]Cc2ccc3ccccc3c2)CCCN1S(=O)(=O)c1ccccn1. The van der Waals surface area contributed by atoms with E-state index in [0.29, 0.717) is 6.42 Å². The van der Waals surface area contributed by atoms with Crippen LogP contribution in [-0.4, -0.2) is 53.9 Å². The molecule has 35 heavy (non-hydrogen) atoms. The van der Waals surface area contributed by atoms with Gasteiger partial charge in [-0.25, -0.2) is 13.4 Å². The zero-order chi connectivity index (χ0) is 25.0. The molecule has 2 atom stereocenters. The average molecular weight is 494 g/mol. The van der Waals surface area contributed by atoms with E-state index in [2.05, 4.69) is 10.3 Å². The zero-order valence-corrected chi connectivity index (χ0v) is 19.6. The summed E-state index contributed by atoms with van der Waals surface area (Å²) in [5, 5.41) is 4.48. The lowest BCUT2D eigenvalue weighted by atomic mass is 10.0. The number of pyridine rings is 1. The van der Waals surface area contributed by atoms with E-state index in [4.69, 9.17) is 5.73 Å². The molecule has 181 valence electrons. The van der Waals surface area contributed by atoms with Crippen LogP contribution in [0.1, 0.15) is 18.4 Å². The smallest absolute Gasteiger partial charge is 0.261 e. The lowest BCUT2D eigenvalue weighted by molar-refractivity contribution is -0.134. The number of aromatic nitrogens is 1. The topological polar surface area (TPSA) is 140 Å². The fourth-order valence-electron chi connectivity index (χ4n) is 4.17. The summed E-state index contributed by atoms with van der Waals surface area (Å²) in [4.78, 5) is 41.8. The summed E-state index contributed by atoms with van der Waals surface area (Å²) in [7, 11) is -4.25. The largest absolute Gasteiger partial charge is 0.368 e. The maximum Gasteiger partial charge on any atom is 0.261 e. The third kappa shape index (κ3) is 5.39. The van der Waals surface area contributed by atoms with Crippen LogP contribution in [-0.2, 0) is 30.8 Å². The van der Waals surface area contributed by atoms with Crippen molar-refractivity contribution >= 4 is 38.4 Å². The van der Waals surface area contributed by atoms with Gasteiger partial charge in [0.15, 0.2) is 16.9 Å². The fraction of sp³-hybridized carbons (Fsp3) is 0.240. The number of hydrogen-bond donors (Lipinski definition) is 2. The van der Waals surface area contributed by atoms with E-state index in [9.17, 15) is 22.8 Å². The van der Waals surface area contributed by atoms with Crippen LogP contribution in [0.15, 0.2) is 71.9 Å². The first-order chi connectivity index (χ1) is 16.8. The molecule has 0 spiro atoms. The van der Waals surface area contributed by atoms with Gasteiger partial charge in [0.2, 0.25) is 11.8 Å². The number of nitrogens with two attached hydrogens (primary N) is 1. The van der Waals surface area contributed by atoms with E-state index >= 15 is 0 Å². The Morgan fingerprint density at radius 1 is 1.09 bits per heavy atom. The number of sulfonamides is 1. The fourth-order valence-corrected chi connectivity index (χ4v) is 5.71. The van der Waals surface area contributed by atoms with Gasteiger partial charge in [-0.2, -0.15) is 4.31 Å². The van der Waals surface area contributed by atoms with Gasteiger partial charge in [0, 0.05) is 12.7 Å². The number of amides is 2. The molecule has 1 aliphatic rings. The van der Waals surface area contributed by atoms with Crippen molar-refractivity contribution in [3.05, 3.63) is 78.8 Å². The Labute approximate surface area is 203 Å². The number of Topliss-reactive ketones (excluding diaryl/α,β-unsaturated/α-hetero) is 1. The van der Waals surface area contributed by atoms with Gasteiger partial charge in [-0.15, -0.1) is 0 Å². The van der Waals surface area contributed by atoms with Crippen LogP contribution in [0.5, 0.6) is 0 Å². The van der Waals surface area contributed by atoms with E-state index in [1.54, 1.807) is 6.07 Å². The van der Waals surface area contributed by atoms with E-state index in [-0.39, 0.29) is 24.4 Å². The number of benzene rings is 2. The van der Waals surface area contributed by atoms with Gasteiger partial charge in [0.25, 0.3) is 10.0 Å². The molecule has 1 fully saturated rings. The van der Waals surface area contributed by atoms with Crippen LogP contribution in [0.4, 0.5) is 0 Å². The first-order valence-electron chi connectivity index (χ1n) is 11.1. The molecule has 3 N–H and O–H groups in total. The normalized spacial score (nSPS) is 19.3. The number of fused-ring (bicyclic) bond motifs is 1. The number of nitrogens with one attached hydrogen (secondary N) is 1. The Kier molecular flexibility index (Phi) is 7.23. The van der Waals surface area contributed by atoms with Crippen LogP contribution in [0.25, 0.3) is 10.8 Å². The van der Waals surface area contributed by atoms with E-state index < -0.39 is 39.7 Å². The minimum Gasteiger partial charge on any atom is -0.368 e. The Morgan fingerprint density at radius 2 is 1.83 bits per heavy atom. The Morgan fingerprint density at radius 3 is 2.54 bits per heavy atom. The second-order valence-corrected chi connectivity index (χ2v) is 10.1. The maximum absolute atomic E-state index is 13.2. The third-order valence-electron chi connectivity index (χ3n) is 5.91. The molecule has 0 bridgehead atoms. The lowest BCUT2D eigenvalue weighted by Crippen LogP contribution is -2.56. The summed E-state index contributed by atoms with van der Waals surface area (Å²) in [6.07, 6.45) is 3.49. The number of rotatable bonds is 7. The van der Waals surface area contributed by atoms with Gasteiger partial charge in [0.1, 0.15) is 0 Å². The Balaban J connectivity index is 1.46. The Bertz CT molecular complexity index is 1360. The summed E-state index contributed by atoms with van der Waals surface area (Å²) in [6.45, 7) is -0.106. The molecule has 1 radical (unpaired) electrons. The summed E-state index contributed by atoms with van der Waals surface area (Å²) < 4.78 is 27.0. The van der Waals surface area contributed by atoms with Crippen LogP contribution in [0.3, 0.4) is 0 Å². The highest BCUT2D eigenvalue weighted by Crippen LogP contribution is 2.23. The Hall–Kier alpha value is -3.63. The predicted molar refractivity (Wildman–Crippen MR) is 129 cm³/mol. The standard InChI is InChI=1S/C25H25N4O5S/c26-25(32)23-24(31)20(8-5-15-29(23)35(33,34)22-9-3-4-14-27-22)28-21(30)13-11-17-10-12-18-6-1-2-7-19(18)16-17/h1-4,6-7,9-10,12-14,16,20,23H,5,8,11,15H2,(H2,26,32)(H,28,30)/t20-,23?/m0/s1. The molecule has 1 saturated heterocycles.